The van der Waals surface area contributed by atoms with Gasteiger partial charge < -0.3 is 20.3 Å². The van der Waals surface area contributed by atoms with E-state index in [-0.39, 0.29) is 12.2 Å². The van der Waals surface area contributed by atoms with Crippen molar-refractivity contribution in [2.45, 2.75) is 26.8 Å². The second-order valence-electron chi connectivity index (χ2n) is 5.67. The van der Waals surface area contributed by atoms with Crippen LogP contribution >= 0.6 is 12.2 Å². The fraction of sp³-hybridized carbons (Fsp3) is 0.412. The maximum absolute atomic E-state index is 12.4. The summed E-state index contributed by atoms with van der Waals surface area (Å²) in [5.41, 5.74) is 3.64. The summed E-state index contributed by atoms with van der Waals surface area (Å²) in [6, 6.07) is 6.01. The van der Waals surface area contributed by atoms with Crippen molar-refractivity contribution in [1.82, 2.24) is 15.2 Å². The van der Waals surface area contributed by atoms with Crippen molar-refractivity contribution in [2.24, 2.45) is 0 Å². The molecule has 0 atom stereocenters. The van der Waals surface area contributed by atoms with Gasteiger partial charge in [0.25, 0.3) is 5.56 Å². The lowest BCUT2D eigenvalue weighted by Gasteiger charge is -2.24. The van der Waals surface area contributed by atoms with Crippen LogP contribution in [0.1, 0.15) is 23.1 Å². The van der Waals surface area contributed by atoms with E-state index in [1.54, 1.807) is 7.05 Å². The fourth-order valence-corrected chi connectivity index (χ4v) is 2.77. The molecule has 0 aliphatic heterocycles. The van der Waals surface area contributed by atoms with Gasteiger partial charge in [-0.15, -0.1) is 0 Å². The minimum Gasteiger partial charge on any atom is -0.396 e. The SMILES string of the molecule is CNC(=S)N(CCCO)Cc1cc2c(C)ccc(C)c2[nH]c1=O. The highest BCUT2D eigenvalue weighted by atomic mass is 32.1. The normalized spacial score (nSPS) is 10.8. The van der Waals surface area contributed by atoms with Crippen LogP contribution in [0.4, 0.5) is 0 Å². The van der Waals surface area contributed by atoms with Crippen molar-refractivity contribution in [3.63, 3.8) is 0 Å². The molecule has 2 rings (SSSR count). The molecule has 3 N–H and O–H groups in total. The van der Waals surface area contributed by atoms with E-state index in [1.807, 2.05) is 30.9 Å². The molecule has 0 spiro atoms. The van der Waals surface area contributed by atoms with Crippen LogP contribution in [0.25, 0.3) is 10.9 Å². The second kappa shape index (κ2) is 7.57. The summed E-state index contributed by atoms with van der Waals surface area (Å²) in [5.74, 6) is 0. The average molecular weight is 333 g/mol. The van der Waals surface area contributed by atoms with E-state index in [0.717, 1.165) is 22.0 Å². The lowest BCUT2D eigenvalue weighted by Crippen LogP contribution is -2.39. The molecule has 0 unspecified atom stereocenters. The lowest BCUT2D eigenvalue weighted by atomic mass is 10.0. The number of thiocarbonyl (C=S) groups is 1. The quantitative estimate of drug-likeness (QED) is 0.729. The third-order valence-corrected chi connectivity index (χ3v) is 4.43. The van der Waals surface area contributed by atoms with Crippen molar-refractivity contribution in [1.29, 1.82) is 0 Å². The summed E-state index contributed by atoms with van der Waals surface area (Å²) in [4.78, 5) is 17.3. The number of H-pyrrole nitrogens is 1. The Kier molecular flexibility index (Phi) is 5.74. The maximum atomic E-state index is 12.4. The predicted octanol–water partition coefficient (Wildman–Crippen LogP) is 1.83. The molecule has 23 heavy (non-hydrogen) atoms. The Morgan fingerprint density at radius 1 is 1.35 bits per heavy atom. The van der Waals surface area contributed by atoms with Crippen LogP contribution < -0.4 is 10.9 Å². The molecule has 124 valence electrons. The van der Waals surface area contributed by atoms with E-state index in [2.05, 4.69) is 16.4 Å². The van der Waals surface area contributed by atoms with Crippen molar-refractivity contribution in [3.05, 3.63) is 45.2 Å². The van der Waals surface area contributed by atoms with E-state index >= 15 is 0 Å². The van der Waals surface area contributed by atoms with E-state index in [0.29, 0.717) is 30.2 Å². The van der Waals surface area contributed by atoms with Crippen LogP contribution in [0.2, 0.25) is 0 Å². The highest BCUT2D eigenvalue weighted by Gasteiger charge is 2.13. The molecule has 0 amide bonds. The molecular weight excluding hydrogens is 310 g/mol. The van der Waals surface area contributed by atoms with Gasteiger partial charge in [-0.05, 0) is 49.7 Å². The number of aryl methyl sites for hydroxylation is 2. The zero-order chi connectivity index (χ0) is 17.0. The number of fused-ring (bicyclic) bond motifs is 1. The van der Waals surface area contributed by atoms with Crippen LogP contribution in [0.3, 0.4) is 0 Å². The van der Waals surface area contributed by atoms with E-state index in [9.17, 15) is 4.79 Å². The first-order valence-corrected chi connectivity index (χ1v) is 8.08. The van der Waals surface area contributed by atoms with Crippen LogP contribution in [-0.4, -0.2) is 40.3 Å². The van der Waals surface area contributed by atoms with Crippen molar-refractivity contribution >= 4 is 28.2 Å². The number of benzene rings is 1. The Balaban J connectivity index is 2.42. The number of aromatic amines is 1. The molecule has 0 aliphatic rings. The summed E-state index contributed by atoms with van der Waals surface area (Å²) in [7, 11) is 1.76. The van der Waals surface area contributed by atoms with Gasteiger partial charge in [0.15, 0.2) is 5.11 Å². The van der Waals surface area contributed by atoms with Crippen LogP contribution in [0.15, 0.2) is 23.0 Å². The topological polar surface area (TPSA) is 68.4 Å². The monoisotopic (exact) mass is 333 g/mol. The van der Waals surface area contributed by atoms with Gasteiger partial charge in [-0.1, -0.05) is 12.1 Å². The standard InChI is InChI=1S/C17H23N3O2S/c1-11-5-6-12(2)15-14(11)9-13(16(22)19-15)10-20(7-4-8-21)17(23)18-3/h5-6,9,21H,4,7-8,10H2,1-3H3,(H,18,23)(H,19,22). The van der Waals surface area contributed by atoms with Gasteiger partial charge in [-0.25, -0.2) is 0 Å². The number of pyridine rings is 1. The predicted molar refractivity (Wildman–Crippen MR) is 97.8 cm³/mol. The van der Waals surface area contributed by atoms with Crippen molar-refractivity contribution in [2.75, 3.05) is 20.2 Å². The third kappa shape index (κ3) is 3.89. The fourth-order valence-electron chi connectivity index (χ4n) is 2.61. The molecule has 6 heteroatoms. The molecule has 1 aromatic carbocycles. The Bertz CT molecular complexity index is 770. The summed E-state index contributed by atoms with van der Waals surface area (Å²) in [6.45, 7) is 5.13. The molecule has 0 fully saturated rings. The Labute approximate surface area is 141 Å². The van der Waals surface area contributed by atoms with Crippen molar-refractivity contribution < 1.29 is 5.11 Å². The summed E-state index contributed by atoms with van der Waals surface area (Å²) < 4.78 is 0. The highest BCUT2D eigenvalue weighted by molar-refractivity contribution is 7.80. The number of hydrogen-bond acceptors (Lipinski definition) is 3. The minimum atomic E-state index is -0.0981. The minimum absolute atomic E-state index is 0.0925. The number of nitrogens with one attached hydrogen (secondary N) is 2. The molecule has 5 nitrogen and oxygen atoms in total. The Morgan fingerprint density at radius 3 is 2.70 bits per heavy atom. The number of hydrogen-bond donors (Lipinski definition) is 3. The van der Waals surface area contributed by atoms with Gasteiger partial charge in [0.1, 0.15) is 0 Å². The van der Waals surface area contributed by atoms with Gasteiger partial charge >= 0.3 is 0 Å². The first-order chi connectivity index (χ1) is 11.0. The van der Waals surface area contributed by atoms with Crippen LogP contribution in [0, 0.1) is 13.8 Å². The summed E-state index contributed by atoms with van der Waals surface area (Å²) in [6.07, 6.45) is 0.603. The van der Waals surface area contributed by atoms with E-state index in [4.69, 9.17) is 17.3 Å². The molecule has 0 saturated heterocycles. The van der Waals surface area contributed by atoms with Gasteiger partial charge in [-0.2, -0.15) is 0 Å². The second-order valence-corrected chi connectivity index (χ2v) is 6.05. The third-order valence-electron chi connectivity index (χ3n) is 3.97. The molecule has 0 aliphatic carbocycles. The van der Waals surface area contributed by atoms with E-state index < -0.39 is 0 Å². The molecule has 2 aromatic rings. The molecule has 0 radical (unpaired) electrons. The first-order valence-electron chi connectivity index (χ1n) is 7.67. The number of aliphatic hydroxyl groups excluding tert-OH is 1. The number of aliphatic hydroxyl groups is 1. The molecular formula is C17H23N3O2S. The first kappa shape index (κ1) is 17.4. The van der Waals surface area contributed by atoms with Gasteiger partial charge in [-0.3, -0.25) is 4.79 Å². The van der Waals surface area contributed by atoms with Gasteiger partial charge in [0.2, 0.25) is 0 Å². The number of nitrogens with zero attached hydrogens (tertiary/aromatic N) is 1. The maximum Gasteiger partial charge on any atom is 0.253 e. The van der Waals surface area contributed by atoms with E-state index in [1.165, 1.54) is 0 Å². The molecule has 0 saturated carbocycles. The largest absolute Gasteiger partial charge is 0.396 e. The summed E-state index contributed by atoms with van der Waals surface area (Å²) >= 11 is 5.30. The lowest BCUT2D eigenvalue weighted by molar-refractivity contribution is 0.264. The Morgan fingerprint density at radius 2 is 2.04 bits per heavy atom. The average Bonchev–Trinajstić information content (AvgIpc) is 2.55. The van der Waals surface area contributed by atoms with Gasteiger partial charge in [0, 0.05) is 31.1 Å². The highest BCUT2D eigenvalue weighted by Crippen LogP contribution is 2.20. The zero-order valence-corrected chi connectivity index (χ0v) is 14.6. The molecule has 1 heterocycles. The van der Waals surface area contributed by atoms with Crippen LogP contribution in [0.5, 0.6) is 0 Å². The molecule has 0 bridgehead atoms. The zero-order valence-electron chi connectivity index (χ0n) is 13.8. The number of aromatic nitrogens is 1. The van der Waals surface area contributed by atoms with Crippen LogP contribution in [-0.2, 0) is 6.54 Å². The van der Waals surface area contributed by atoms with Gasteiger partial charge in [0.05, 0.1) is 12.1 Å². The van der Waals surface area contributed by atoms with Crippen molar-refractivity contribution in [3.8, 4) is 0 Å². The Hall–Kier alpha value is -1.92. The smallest absolute Gasteiger partial charge is 0.253 e. The number of rotatable bonds is 5. The summed E-state index contributed by atoms with van der Waals surface area (Å²) in [5, 5.41) is 13.6. The molecule has 1 aromatic heterocycles.